The van der Waals surface area contributed by atoms with E-state index in [-0.39, 0.29) is 25.0 Å². The smallest absolute Gasteiger partial charge is 0.243 e. The molecule has 1 aromatic rings. The highest BCUT2D eigenvalue weighted by Gasteiger charge is 2.38. The second-order valence-electron chi connectivity index (χ2n) is 6.67. The van der Waals surface area contributed by atoms with Crippen molar-refractivity contribution in [2.45, 2.75) is 17.4 Å². The lowest BCUT2D eigenvalue weighted by Crippen LogP contribution is -2.53. The molecule has 2 fully saturated rings. The first-order valence-electron chi connectivity index (χ1n) is 8.81. The van der Waals surface area contributed by atoms with Gasteiger partial charge in [0.2, 0.25) is 15.9 Å². The quantitative estimate of drug-likeness (QED) is 0.693. The molecule has 2 aliphatic heterocycles. The molecule has 1 amide bonds. The summed E-state index contributed by atoms with van der Waals surface area (Å²) in [5.74, 6) is -1.82. The summed E-state index contributed by atoms with van der Waals surface area (Å²) in [6.07, 6.45) is 0.699. The van der Waals surface area contributed by atoms with Crippen LogP contribution in [0, 0.1) is 11.6 Å². The van der Waals surface area contributed by atoms with Gasteiger partial charge in [-0.25, -0.2) is 17.2 Å². The Morgan fingerprint density at radius 2 is 1.70 bits per heavy atom. The van der Waals surface area contributed by atoms with Crippen molar-refractivity contribution in [3.63, 3.8) is 0 Å². The van der Waals surface area contributed by atoms with Crippen molar-refractivity contribution >= 4 is 15.9 Å². The lowest BCUT2D eigenvalue weighted by atomic mass is 10.2. The number of likely N-dealkylation sites (tertiary alicyclic amines) is 1. The SMILES string of the molecule is COCCN1CCC(N2CCN(S(=O)(=O)c3cc(F)cc(F)c3)CC2)C1=O. The van der Waals surface area contributed by atoms with Gasteiger partial charge in [-0.3, -0.25) is 9.69 Å². The fourth-order valence-electron chi connectivity index (χ4n) is 3.57. The Balaban J connectivity index is 1.62. The number of piperazine rings is 1. The van der Waals surface area contributed by atoms with E-state index < -0.39 is 26.6 Å². The van der Waals surface area contributed by atoms with E-state index >= 15 is 0 Å². The van der Waals surface area contributed by atoms with Crippen molar-refractivity contribution in [2.75, 3.05) is 53.0 Å². The van der Waals surface area contributed by atoms with Crippen LogP contribution in [0.1, 0.15) is 6.42 Å². The Bertz CT molecular complexity index is 777. The second-order valence-corrected chi connectivity index (χ2v) is 8.61. The fraction of sp³-hybridized carbons (Fsp3) is 0.588. The molecule has 0 spiro atoms. The minimum Gasteiger partial charge on any atom is -0.383 e. The molecule has 1 atom stereocenters. The average Bonchev–Trinajstić information content (AvgIpc) is 3.00. The topological polar surface area (TPSA) is 70.2 Å². The molecule has 2 saturated heterocycles. The number of methoxy groups -OCH3 is 1. The Morgan fingerprint density at radius 3 is 2.30 bits per heavy atom. The van der Waals surface area contributed by atoms with E-state index in [2.05, 4.69) is 0 Å². The van der Waals surface area contributed by atoms with Gasteiger partial charge in [0.05, 0.1) is 17.5 Å². The normalized spacial score (nSPS) is 22.6. The summed E-state index contributed by atoms with van der Waals surface area (Å²) in [6, 6.07) is 2.02. The highest BCUT2D eigenvalue weighted by molar-refractivity contribution is 7.89. The van der Waals surface area contributed by atoms with Gasteiger partial charge in [0.25, 0.3) is 0 Å². The molecule has 10 heteroatoms. The van der Waals surface area contributed by atoms with Gasteiger partial charge in [-0.05, 0) is 18.6 Å². The lowest BCUT2D eigenvalue weighted by molar-refractivity contribution is -0.133. The number of benzene rings is 1. The molecule has 27 heavy (non-hydrogen) atoms. The molecule has 3 rings (SSSR count). The van der Waals surface area contributed by atoms with Crippen LogP contribution in [-0.2, 0) is 19.6 Å². The van der Waals surface area contributed by atoms with Crippen molar-refractivity contribution in [1.82, 2.24) is 14.1 Å². The van der Waals surface area contributed by atoms with E-state index in [1.54, 1.807) is 12.0 Å². The molecule has 0 bridgehead atoms. The zero-order valence-corrected chi connectivity index (χ0v) is 15.9. The molecule has 0 radical (unpaired) electrons. The van der Waals surface area contributed by atoms with Crippen molar-refractivity contribution in [1.29, 1.82) is 0 Å². The maximum Gasteiger partial charge on any atom is 0.243 e. The van der Waals surface area contributed by atoms with Crippen LogP contribution in [-0.4, -0.2) is 87.5 Å². The van der Waals surface area contributed by atoms with Crippen LogP contribution in [0.4, 0.5) is 8.78 Å². The van der Waals surface area contributed by atoms with Crippen molar-refractivity contribution in [3.05, 3.63) is 29.8 Å². The summed E-state index contributed by atoms with van der Waals surface area (Å²) in [5.41, 5.74) is 0. The van der Waals surface area contributed by atoms with Crippen molar-refractivity contribution in [3.8, 4) is 0 Å². The Hall–Kier alpha value is -1.62. The van der Waals surface area contributed by atoms with Gasteiger partial charge in [-0.1, -0.05) is 0 Å². The van der Waals surface area contributed by atoms with Gasteiger partial charge < -0.3 is 9.64 Å². The first kappa shape index (κ1) is 20.1. The number of halogens is 2. The molecular weight excluding hydrogens is 380 g/mol. The lowest BCUT2D eigenvalue weighted by Gasteiger charge is -2.36. The van der Waals surface area contributed by atoms with Gasteiger partial charge in [0, 0.05) is 52.4 Å². The number of hydrogen-bond acceptors (Lipinski definition) is 5. The van der Waals surface area contributed by atoms with Crippen LogP contribution >= 0.6 is 0 Å². The van der Waals surface area contributed by atoms with Gasteiger partial charge in [-0.2, -0.15) is 4.31 Å². The summed E-state index contributed by atoms with van der Waals surface area (Å²) < 4.78 is 58.3. The Labute approximate surface area is 157 Å². The summed E-state index contributed by atoms with van der Waals surface area (Å²) in [6.45, 7) is 2.82. The average molecular weight is 403 g/mol. The fourth-order valence-corrected chi connectivity index (χ4v) is 5.03. The minimum atomic E-state index is -3.98. The van der Waals surface area contributed by atoms with E-state index in [4.69, 9.17) is 4.74 Å². The van der Waals surface area contributed by atoms with E-state index in [1.807, 2.05) is 4.90 Å². The predicted molar refractivity (Wildman–Crippen MR) is 93.6 cm³/mol. The van der Waals surface area contributed by atoms with Gasteiger partial charge >= 0.3 is 0 Å². The maximum absolute atomic E-state index is 13.4. The molecule has 0 aliphatic carbocycles. The maximum atomic E-state index is 13.4. The third-order valence-corrected chi connectivity index (χ3v) is 6.90. The summed E-state index contributed by atoms with van der Waals surface area (Å²) in [5, 5.41) is 0. The van der Waals surface area contributed by atoms with Gasteiger partial charge in [-0.15, -0.1) is 0 Å². The molecule has 1 aromatic carbocycles. The molecule has 2 aliphatic rings. The molecular formula is C17H23F2N3O4S. The van der Waals surface area contributed by atoms with E-state index in [0.29, 0.717) is 45.3 Å². The Morgan fingerprint density at radius 1 is 1.07 bits per heavy atom. The van der Waals surface area contributed by atoms with E-state index in [0.717, 1.165) is 12.1 Å². The second kappa shape index (κ2) is 8.17. The summed E-state index contributed by atoms with van der Waals surface area (Å²) in [7, 11) is -2.39. The number of sulfonamides is 1. The first-order chi connectivity index (χ1) is 12.8. The minimum absolute atomic E-state index is 0.0376. The van der Waals surface area contributed by atoms with Crippen LogP contribution in [0.2, 0.25) is 0 Å². The molecule has 0 aromatic heterocycles. The highest BCUT2D eigenvalue weighted by Crippen LogP contribution is 2.23. The third kappa shape index (κ3) is 4.29. The number of hydrogen-bond donors (Lipinski definition) is 0. The van der Waals surface area contributed by atoms with Crippen LogP contribution in [0.15, 0.2) is 23.1 Å². The number of amides is 1. The number of nitrogens with zero attached hydrogens (tertiary/aromatic N) is 3. The monoisotopic (exact) mass is 403 g/mol. The predicted octanol–water partition coefficient (Wildman–Crippen LogP) is 0.518. The van der Waals surface area contributed by atoms with E-state index in [9.17, 15) is 22.0 Å². The van der Waals surface area contributed by atoms with Crippen molar-refractivity contribution < 1.29 is 26.7 Å². The van der Waals surface area contributed by atoms with Crippen LogP contribution in [0.5, 0.6) is 0 Å². The number of ether oxygens (including phenoxy) is 1. The zero-order chi connectivity index (χ0) is 19.6. The number of carbonyl (C=O) groups excluding carboxylic acids is 1. The molecule has 150 valence electrons. The molecule has 7 nitrogen and oxygen atoms in total. The molecule has 0 N–H and O–H groups in total. The van der Waals surface area contributed by atoms with E-state index in [1.165, 1.54) is 4.31 Å². The molecule has 1 unspecified atom stereocenters. The van der Waals surface area contributed by atoms with Gasteiger partial charge in [0.1, 0.15) is 11.6 Å². The summed E-state index contributed by atoms with van der Waals surface area (Å²) in [4.78, 5) is 15.8. The number of rotatable bonds is 6. The molecule has 0 saturated carbocycles. The largest absolute Gasteiger partial charge is 0.383 e. The van der Waals surface area contributed by atoms with Crippen LogP contribution < -0.4 is 0 Å². The number of carbonyl (C=O) groups is 1. The first-order valence-corrected chi connectivity index (χ1v) is 10.2. The zero-order valence-electron chi connectivity index (χ0n) is 15.1. The van der Waals surface area contributed by atoms with Crippen LogP contribution in [0.3, 0.4) is 0 Å². The van der Waals surface area contributed by atoms with Crippen LogP contribution in [0.25, 0.3) is 0 Å². The molecule has 2 heterocycles. The highest BCUT2D eigenvalue weighted by atomic mass is 32.2. The van der Waals surface area contributed by atoms with Crippen molar-refractivity contribution in [2.24, 2.45) is 0 Å². The van der Waals surface area contributed by atoms with Gasteiger partial charge in [0.15, 0.2) is 0 Å². The third-order valence-electron chi connectivity index (χ3n) is 5.02. The Kier molecular flexibility index (Phi) is 6.09. The summed E-state index contributed by atoms with van der Waals surface area (Å²) >= 11 is 0. The standard InChI is InChI=1S/C17H23F2N3O4S/c1-26-9-8-21-3-2-16(17(21)23)20-4-6-22(7-5-20)27(24,25)15-11-13(18)10-14(19)12-15/h10-12,16H,2-9H2,1H3.